The second-order valence-electron chi connectivity index (χ2n) is 5.30. The van der Waals surface area contributed by atoms with Crippen molar-refractivity contribution in [1.82, 2.24) is 20.0 Å². The SMILES string of the molecule is O=c1c2c3c(sc2nnn1Cc1cccnc1)CCCC3. The molecular formula is C15H14N4OS. The average molecular weight is 298 g/mol. The highest BCUT2D eigenvalue weighted by molar-refractivity contribution is 7.18. The molecule has 6 heteroatoms. The van der Waals surface area contributed by atoms with E-state index in [4.69, 9.17) is 0 Å². The number of aryl methyl sites for hydroxylation is 2. The second-order valence-corrected chi connectivity index (χ2v) is 6.39. The largest absolute Gasteiger partial charge is 0.279 e. The smallest absolute Gasteiger partial charge is 0.267 e. The first-order valence-electron chi connectivity index (χ1n) is 7.10. The van der Waals surface area contributed by atoms with Gasteiger partial charge in [-0.25, -0.2) is 4.68 Å². The zero-order valence-electron chi connectivity index (χ0n) is 11.5. The summed E-state index contributed by atoms with van der Waals surface area (Å²) in [5, 5.41) is 9.12. The normalized spacial score (nSPS) is 14.3. The number of thiophene rings is 1. The Labute approximate surface area is 125 Å². The molecule has 0 saturated heterocycles. The Morgan fingerprint density at radius 3 is 3.05 bits per heavy atom. The van der Waals surface area contributed by atoms with Gasteiger partial charge in [0, 0.05) is 17.3 Å². The number of nitrogens with zero attached hydrogens (tertiary/aromatic N) is 4. The van der Waals surface area contributed by atoms with E-state index in [1.807, 2.05) is 12.1 Å². The first-order valence-corrected chi connectivity index (χ1v) is 7.91. The van der Waals surface area contributed by atoms with E-state index in [1.54, 1.807) is 23.7 Å². The van der Waals surface area contributed by atoms with Crippen molar-refractivity contribution in [3.05, 3.63) is 50.9 Å². The molecule has 0 bridgehead atoms. The lowest BCUT2D eigenvalue weighted by molar-refractivity contribution is 0.599. The van der Waals surface area contributed by atoms with Crippen LogP contribution in [-0.4, -0.2) is 20.0 Å². The molecule has 0 unspecified atom stereocenters. The quantitative estimate of drug-likeness (QED) is 0.727. The van der Waals surface area contributed by atoms with Gasteiger partial charge in [-0.3, -0.25) is 9.78 Å². The lowest BCUT2D eigenvalue weighted by atomic mass is 9.97. The molecule has 0 aromatic carbocycles. The second kappa shape index (κ2) is 5.04. The Bertz CT molecular complexity index is 853. The molecule has 1 aliphatic carbocycles. The van der Waals surface area contributed by atoms with E-state index in [-0.39, 0.29) is 5.56 Å². The highest BCUT2D eigenvalue weighted by Gasteiger charge is 2.20. The summed E-state index contributed by atoms with van der Waals surface area (Å²) in [4.78, 5) is 18.9. The van der Waals surface area contributed by atoms with Gasteiger partial charge in [0.2, 0.25) is 0 Å². The van der Waals surface area contributed by atoms with Gasteiger partial charge < -0.3 is 0 Å². The first kappa shape index (κ1) is 12.6. The fraction of sp³-hybridized carbons (Fsp3) is 0.333. The molecule has 0 radical (unpaired) electrons. The Balaban J connectivity index is 1.84. The van der Waals surface area contributed by atoms with E-state index < -0.39 is 0 Å². The van der Waals surface area contributed by atoms with Crippen molar-refractivity contribution in [1.29, 1.82) is 0 Å². The minimum Gasteiger partial charge on any atom is -0.267 e. The number of pyridine rings is 1. The summed E-state index contributed by atoms with van der Waals surface area (Å²) in [7, 11) is 0. The zero-order valence-corrected chi connectivity index (χ0v) is 12.3. The number of aromatic nitrogens is 4. The summed E-state index contributed by atoms with van der Waals surface area (Å²) in [6.07, 6.45) is 7.89. The van der Waals surface area contributed by atoms with Gasteiger partial charge >= 0.3 is 0 Å². The lowest BCUT2D eigenvalue weighted by Gasteiger charge is -2.10. The molecule has 1 aliphatic rings. The Kier molecular flexibility index (Phi) is 3.03. The van der Waals surface area contributed by atoms with Gasteiger partial charge in [-0.15, -0.1) is 16.4 Å². The highest BCUT2D eigenvalue weighted by atomic mass is 32.1. The number of hydrogen-bond acceptors (Lipinski definition) is 5. The standard InChI is InChI=1S/C15H14N4OS/c20-15-13-11-5-1-2-6-12(11)21-14(13)17-18-19(15)9-10-4-3-7-16-8-10/h3-4,7-8H,1-2,5-6,9H2. The fourth-order valence-corrected chi connectivity index (χ4v) is 4.07. The predicted octanol–water partition coefficient (Wildman–Crippen LogP) is 2.18. The van der Waals surface area contributed by atoms with Crippen molar-refractivity contribution >= 4 is 21.6 Å². The van der Waals surface area contributed by atoms with Crippen molar-refractivity contribution in [2.24, 2.45) is 0 Å². The molecule has 4 rings (SSSR count). The summed E-state index contributed by atoms with van der Waals surface area (Å²) in [5.74, 6) is 0. The van der Waals surface area contributed by atoms with E-state index in [2.05, 4.69) is 15.3 Å². The third-order valence-corrected chi connectivity index (χ3v) is 5.08. The van der Waals surface area contributed by atoms with Gasteiger partial charge in [-0.05, 0) is 42.9 Å². The summed E-state index contributed by atoms with van der Waals surface area (Å²) in [5.41, 5.74) is 2.14. The van der Waals surface area contributed by atoms with Crippen molar-refractivity contribution in [3.63, 3.8) is 0 Å². The van der Waals surface area contributed by atoms with Gasteiger partial charge in [0.15, 0.2) is 4.83 Å². The highest BCUT2D eigenvalue weighted by Crippen LogP contribution is 2.33. The number of hydrogen-bond donors (Lipinski definition) is 0. The average Bonchev–Trinajstić information content (AvgIpc) is 2.90. The van der Waals surface area contributed by atoms with Crippen molar-refractivity contribution in [2.75, 3.05) is 0 Å². The van der Waals surface area contributed by atoms with Crippen molar-refractivity contribution in [2.45, 2.75) is 32.2 Å². The van der Waals surface area contributed by atoms with Crippen LogP contribution in [0.4, 0.5) is 0 Å². The maximum absolute atomic E-state index is 12.7. The first-order chi connectivity index (χ1) is 10.3. The fourth-order valence-electron chi connectivity index (χ4n) is 2.87. The van der Waals surface area contributed by atoms with Gasteiger partial charge in [-0.1, -0.05) is 11.3 Å². The van der Waals surface area contributed by atoms with E-state index in [0.717, 1.165) is 35.0 Å². The predicted molar refractivity (Wildman–Crippen MR) is 81.7 cm³/mol. The molecule has 0 saturated carbocycles. The lowest BCUT2D eigenvalue weighted by Crippen LogP contribution is -2.25. The van der Waals surface area contributed by atoms with Crippen molar-refractivity contribution in [3.8, 4) is 0 Å². The summed E-state index contributed by atoms with van der Waals surface area (Å²) in [6, 6.07) is 3.80. The summed E-state index contributed by atoms with van der Waals surface area (Å²) in [6.45, 7) is 0.417. The van der Waals surface area contributed by atoms with Crippen LogP contribution in [-0.2, 0) is 19.4 Å². The Hall–Kier alpha value is -2.08. The van der Waals surface area contributed by atoms with Gasteiger partial charge in [-0.2, -0.15) is 0 Å². The van der Waals surface area contributed by atoms with Gasteiger partial charge in [0.25, 0.3) is 5.56 Å². The molecular weight excluding hydrogens is 284 g/mol. The summed E-state index contributed by atoms with van der Waals surface area (Å²) < 4.78 is 1.45. The number of rotatable bonds is 2. The van der Waals surface area contributed by atoms with Crippen LogP contribution >= 0.6 is 11.3 Å². The Morgan fingerprint density at radius 1 is 1.29 bits per heavy atom. The maximum atomic E-state index is 12.7. The molecule has 0 spiro atoms. The molecule has 21 heavy (non-hydrogen) atoms. The van der Waals surface area contributed by atoms with Gasteiger partial charge in [0.05, 0.1) is 11.9 Å². The van der Waals surface area contributed by atoms with Crippen LogP contribution in [0.3, 0.4) is 0 Å². The third kappa shape index (κ3) is 2.15. The minimum atomic E-state index is -0.0248. The maximum Gasteiger partial charge on any atom is 0.279 e. The molecule has 106 valence electrons. The molecule has 0 aliphatic heterocycles. The van der Waals surface area contributed by atoms with Crippen LogP contribution < -0.4 is 5.56 Å². The minimum absolute atomic E-state index is 0.0248. The molecule has 0 N–H and O–H groups in total. The molecule has 5 nitrogen and oxygen atoms in total. The van der Waals surface area contributed by atoms with E-state index in [9.17, 15) is 4.79 Å². The molecule has 0 fully saturated rings. The molecule has 0 atom stereocenters. The molecule has 0 amide bonds. The van der Waals surface area contributed by atoms with E-state index in [1.165, 1.54) is 21.5 Å². The van der Waals surface area contributed by atoms with E-state index >= 15 is 0 Å². The Morgan fingerprint density at radius 2 is 2.19 bits per heavy atom. The molecule has 3 heterocycles. The van der Waals surface area contributed by atoms with Crippen LogP contribution in [0.25, 0.3) is 10.2 Å². The van der Waals surface area contributed by atoms with Crippen LogP contribution in [0, 0.1) is 0 Å². The topological polar surface area (TPSA) is 60.7 Å². The van der Waals surface area contributed by atoms with Gasteiger partial charge in [0.1, 0.15) is 0 Å². The number of fused-ring (bicyclic) bond motifs is 3. The van der Waals surface area contributed by atoms with Crippen molar-refractivity contribution < 1.29 is 0 Å². The third-order valence-electron chi connectivity index (χ3n) is 3.90. The summed E-state index contributed by atoms with van der Waals surface area (Å²) >= 11 is 1.63. The molecule has 3 aromatic rings. The monoisotopic (exact) mass is 298 g/mol. The van der Waals surface area contributed by atoms with Crippen LogP contribution in [0.5, 0.6) is 0 Å². The van der Waals surface area contributed by atoms with E-state index in [0.29, 0.717) is 6.54 Å². The molecule has 3 aromatic heterocycles. The van der Waals surface area contributed by atoms with Crippen LogP contribution in [0.1, 0.15) is 28.8 Å². The van der Waals surface area contributed by atoms with Crippen LogP contribution in [0.15, 0.2) is 29.3 Å². The zero-order chi connectivity index (χ0) is 14.2. The van der Waals surface area contributed by atoms with Crippen LogP contribution in [0.2, 0.25) is 0 Å².